The zero-order valence-corrected chi connectivity index (χ0v) is 11.3. The zero-order chi connectivity index (χ0) is 14.7. The fourth-order valence-corrected chi connectivity index (χ4v) is 1.92. The summed E-state index contributed by atoms with van der Waals surface area (Å²) >= 11 is 0. The number of benzene rings is 2. The standard InChI is InChI=1S/C15H15FN2O2/c1-10-6-7-12(8-15(10)16)11(2)17-13-4-3-5-14(9-13)18(19)20/h3-9,11,17H,1-2H3. The van der Waals surface area contributed by atoms with Crippen molar-refractivity contribution in [3.05, 3.63) is 69.5 Å². The van der Waals surface area contributed by atoms with Crippen molar-refractivity contribution in [3.63, 3.8) is 0 Å². The second-order valence-electron chi connectivity index (χ2n) is 4.68. The molecule has 4 nitrogen and oxygen atoms in total. The van der Waals surface area contributed by atoms with Crippen LogP contribution in [0.4, 0.5) is 15.8 Å². The number of rotatable bonds is 4. The minimum atomic E-state index is -0.443. The molecule has 0 spiro atoms. The minimum absolute atomic E-state index is 0.0253. The summed E-state index contributed by atoms with van der Waals surface area (Å²) in [5.41, 5.74) is 2.04. The molecule has 0 aliphatic carbocycles. The predicted molar refractivity (Wildman–Crippen MR) is 76.3 cm³/mol. The maximum atomic E-state index is 13.5. The number of non-ortho nitro benzene ring substituents is 1. The molecule has 0 amide bonds. The van der Waals surface area contributed by atoms with Gasteiger partial charge >= 0.3 is 0 Å². The molecule has 2 aromatic carbocycles. The van der Waals surface area contributed by atoms with Crippen molar-refractivity contribution in [3.8, 4) is 0 Å². The lowest BCUT2D eigenvalue weighted by Crippen LogP contribution is -2.07. The van der Waals surface area contributed by atoms with E-state index in [0.29, 0.717) is 11.3 Å². The molecule has 1 unspecified atom stereocenters. The summed E-state index contributed by atoms with van der Waals surface area (Å²) in [6.07, 6.45) is 0. The van der Waals surface area contributed by atoms with Gasteiger partial charge in [-0.2, -0.15) is 0 Å². The van der Waals surface area contributed by atoms with E-state index in [0.717, 1.165) is 5.56 Å². The average Bonchev–Trinajstić information content (AvgIpc) is 2.42. The molecule has 2 aromatic rings. The van der Waals surface area contributed by atoms with Crippen LogP contribution in [0.1, 0.15) is 24.1 Å². The Hall–Kier alpha value is -2.43. The maximum Gasteiger partial charge on any atom is 0.271 e. The quantitative estimate of drug-likeness (QED) is 0.671. The van der Waals surface area contributed by atoms with Gasteiger partial charge in [-0.1, -0.05) is 18.2 Å². The van der Waals surface area contributed by atoms with Crippen LogP contribution in [0, 0.1) is 22.9 Å². The first kappa shape index (κ1) is 14.0. The van der Waals surface area contributed by atoms with E-state index >= 15 is 0 Å². The number of hydrogen-bond acceptors (Lipinski definition) is 3. The third-order valence-corrected chi connectivity index (χ3v) is 3.14. The molecule has 0 saturated heterocycles. The van der Waals surface area contributed by atoms with E-state index in [9.17, 15) is 14.5 Å². The van der Waals surface area contributed by atoms with Crippen LogP contribution < -0.4 is 5.32 Å². The summed E-state index contributed by atoms with van der Waals surface area (Å²) < 4.78 is 13.5. The maximum absolute atomic E-state index is 13.5. The number of nitrogens with one attached hydrogen (secondary N) is 1. The molecule has 104 valence electrons. The molecule has 0 bridgehead atoms. The van der Waals surface area contributed by atoms with Crippen molar-refractivity contribution < 1.29 is 9.31 Å². The van der Waals surface area contributed by atoms with Gasteiger partial charge in [-0.25, -0.2) is 4.39 Å². The van der Waals surface area contributed by atoms with Crippen LogP contribution in [0.15, 0.2) is 42.5 Å². The Morgan fingerprint density at radius 2 is 2.00 bits per heavy atom. The Bertz CT molecular complexity index is 644. The van der Waals surface area contributed by atoms with Crippen molar-refractivity contribution in [2.45, 2.75) is 19.9 Å². The molecule has 0 aromatic heterocycles. The van der Waals surface area contributed by atoms with Crippen molar-refractivity contribution in [2.75, 3.05) is 5.32 Å². The highest BCUT2D eigenvalue weighted by molar-refractivity contribution is 5.52. The van der Waals surface area contributed by atoms with Gasteiger partial charge in [-0.05, 0) is 37.1 Å². The zero-order valence-electron chi connectivity index (χ0n) is 11.3. The van der Waals surface area contributed by atoms with E-state index in [2.05, 4.69) is 5.32 Å². The predicted octanol–water partition coefficient (Wildman–Crippen LogP) is 4.22. The SMILES string of the molecule is Cc1ccc(C(C)Nc2cccc([N+](=O)[O-])c2)cc1F. The lowest BCUT2D eigenvalue weighted by Gasteiger charge is -2.16. The van der Waals surface area contributed by atoms with Crippen LogP contribution in [-0.4, -0.2) is 4.92 Å². The number of aryl methyl sites for hydroxylation is 1. The summed E-state index contributed by atoms with van der Waals surface area (Å²) in [5.74, 6) is -0.254. The van der Waals surface area contributed by atoms with Gasteiger partial charge in [0.25, 0.3) is 5.69 Å². The van der Waals surface area contributed by atoms with Gasteiger partial charge in [0.05, 0.1) is 4.92 Å². The third-order valence-electron chi connectivity index (χ3n) is 3.14. The fourth-order valence-electron chi connectivity index (χ4n) is 1.92. The smallest absolute Gasteiger partial charge is 0.271 e. The summed E-state index contributed by atoms with van der Waals surface area (Å²) in [4.78, 5) is 10.3. The monoisotopic (exact) mass is 274 g/mol. The number of halogens is 1. The Labute approximate surface area is 116 Å². The first-order valence-corrected chi connectivity index (χ1v) is 6.24. The average molecular weight is 274 g/mol. The van der Waals surface area contributed by atoms with E-state index < -0.39 is 4.92 Å². The molecule has 0 heterocycles. The number of nitro groups is 1. The largest absolute Gasteiger partial charge is 0.378 e. The van der Waals surface area contributed by atoms with Gasteiger partial charge in [-0.3, -0.25) is 10.1 Å². The van der Waals surface area contributed by atoms with Crippen LogP contribution in [-0.2, 0) is 0 Å². The lowest BCUT2D eigenvalue weighted by atomic mass is 10.1. The van der Waals surface area contributed by atoms with Gasteiger partial charge in [0, 0.05) is 23.9 Å². The van der Waals surface area contributed by atoms with Crippen LogP contribution in [0.2, 0.25) is 0 Å². The van der Waals surface area contributed by atoms with E-state index in [1.54, 1.807) is 25.1 Å². The van der Waals surface area contributed by atoms with Crippen molar-refractivity contribution in [1.29, 1.82) is 0 Å². The summed E-state index contributed by atoms with van der Waals surface area (Å²) in [5, 5.41) is 13.8. The van der Waals surface area contributed by atoms with Crippen LogP contribution in [0.3, 0.4) is 0 Å². The van der Waals surface area contributed by atoms with E-state index in [1.807, 2.05) is 13.0 Å². The highest BCUT2D eigenvalue weighted by atomic mass is 19.1. The molecule has 2 rings (SSSR count). The third kappa shape index (κ3) is 3.12. The molecular weight excluding hydrogens is 259 g/mol. The van der Waals surface area contributed by atoms with Crippen LogP contribution >= 0.6 is 0 Å². The number of nitrogens with zero attached hydrogens (tertiary/aromatic N) is 1. The fraction of sp³-hybridized carbons (Fsp3) is 0.200. The van der Waals surface area contributed by atoms with Crippen molar-refractivity contribution >= 4 is 11.4 Å². The molecule has 0 radical (unpaired) electrons. The van der Waals surface area contributed by atoms with E-state index in [4.69, 9.17) is 0 Å². The van der Waals surface area contributed by atoms with Gasteiger partial charge in [-0.15, -0.1) is 0 Å². The molecule has 0 aliphatic heterocycles. The summed E-state index contributed by atoms with van der Waals surface area (Å²) in [7, 11) is 0. The van der Waals surface area contributed by atoms with Crippen molar-refractivity contribution in [1.82, 2.24) is 0 Å². The number of nitro benzene ring substituents is 1. The highest BCUT2D eigenvalue weighted by Crippen LogP contribution is 2.23. The Morgan fingerprint density at radius 3 is 2.65 bits per heavy atom. The first-order chi connectivity index (χ1) is 9.47. The van der Waals surface area contributed by atoms with Gasteiger partial charge in [0.15, 0.2) is 0 Å². The van der Waals surface area contributed by atoms with E-state index in [1.165, 1.54) is 18.2 Å². The molecular formula is C15H15FN2O2. The highest BCUT2D eigenvalue weighted by Gasteiger charge is 2.10. The van der Waals surface area contributed by atoms with Gasteiger partial charge < -0.3 is 5.32 Å². The molecule has 5 heteroatoms. The molecule has 20 heavy (non-hydrogen) atoms. The van der Waals surface area contributed by atoms with Gasteiger partial charge in [0.2, 0.25) is 0 Å². The minimum Gasteiger partial charge on any atom is -0.378 e. The molecule has 0 saturated carbocycles. The second kappa shape index (κ2) is 5.69. The molecule has 0 fully saturated rings. The lowest BCUT2D eigenvalue weighted by molar-refractivity contribution is -0.384. The number of hydrogen-bond donors (Lipinski definition) is 1. The summed E-state index contributed by atoms with van der Waals surface area (Å²) in [6.45, 7) is 3.58. The Balaban J connectivity index is 2.18. The summed E-state index contributed by atoms with van der Waals surface area (Å²) in [6, 6.07) is 11.1. The van der Waals surface area contributed by atoms with Gasteiger partial charge in [0.1, 0.15) is 5.82 Å². The molecule has 1 N–H and O–H groups in total. The van der Waals surface area contributed by atoms with Crippen LogP contribution in [0.25, 0.3) is 0 Å². The normalized spacial score (nSPS) is 11.9. The van der Waals surface area contributed by atoms with E-state index in [-0.39, 0.29) is 17.5 Å². The van der Waals surface area contributed by atoms with Crippen molar-refractivity contribution in [2.24, 2.45) is 0 Å². The Morgan fingerprint density at radius 1 is 1.25 bits per heavy atom. The molecule has 1 atom stereocenters. The van der Waals surface area contributed by atoms with Crippen LogP contribution in [0.5, 0.6) is 0 Å². The second-order valence-corrected chi connectivity index (χ2v) is 4.68. The number of anilines is 1. The Kier molecular flexibility index (Phi) is 3.98. The first-order valence-electron chi connectivity index (χ1n) is 6.24. The molecule has 0 aliphatic rings. The topological polar surface area (TPSA) is 55.2 Å².